The van der Waals surface area contributed by atoms with Gasteiger partial charge in [0, 0.05) is 23.7 Å². The molecule has 1 aromatic carbocycles. The molecule has 0 saturated carbocycles. The fourth-order valence-corrected chi connectivity index (χ4v) is 3.01. The lowest BCUT2D eigenvalue weighted by molar-refractivity contribution is 0.408. The molecule has 0 radical (unpaired) electrons. The average Bonchev–Trinajstić information content (AvgIpc) is 2.90. The molecule has 0 fully saturated rings. The van der Waals surface area contributed by atoms with Crippen LogP contribution in [0.25, 0.3) is 0 Å². The second-order valence-electron chi connectivity index (χ2n) is 5.01. The molecule has 0 aliphatic carbocycles. The van der Waals surface area contributed by atoms with Crippen LogP contribution in [0.1, 0.15) is 31.0 Å². The molecular formula is C16H20FNOS. The second-order valence-corrected chi connectivity index (χ2v) is 5.79. The van der Waals surface area contributed by atoms with Crippen LogP contribution >= 0.6 is 11.3 Å². The highest BCUT2D eigenvalue weighted by molar-refractivity contribution is 7.07. The van der Waals surface area contributed by atoms with Crippen LogP contribution in [0, 0.1) is 5.82 Å². The Bertz CT molecular complexity index is 541. The molecule has 0 aliphatic heterocycles. The van der Waals surface area contributed by atoms with E-state index in [4.69, 9.17) is 4.74 Å². The van der Waals surface area contributed by atoms with Crippen LogP contribution < -0.4 is 10.1 Å². The van der Waals surface area contributed by atoms with Crippen molar-refractivity contribution < 1.29 is 9.13 Å². The Morgan fingerprint density at radius 3 is 2.70 bits per heavy atom. The quantitative estimate of drug-likeness (QED) is 0.862. The molecule has 0 bridgehead atoms. The fourth-order valence-electron chi connectivity index (χ4n) is 2.32. The van der Waals surface area contributed by atoms with Gasteiger partial charge in [-0.3, -0.25) is 0 Å². The Labute approximate surface area is 123 Å². The predicted molar refractivity (Wildman–Crippen MR) is 82.0 cm³/mol. The number of benzene rings is 1. The Morgan fingerprint density at radius 1 is 1.30 bits per heavy atom. The molecule has 0 saturated heterocycles. The van der Waals surface area contributed by atoms with Gasteiger partial charge in [0.1, 0.15) is 11.6 Å². The summed E-state index contributed by atoms with van der Waals surface area (Å²) >= 11 is 1.70. The summed E-state index contributed by atoms with van der Waals surface area (Å²) in [6.45, 7) is 4.10. The highest BCUT2D eigenvalue weighted by Gasteiger charge is 2.14. The molecule has 0 aliphatic rings. The number of halogens is 1. The van der Waals surface area contributed by atoms with Crippen molar-refractivity contribution in [1.82, 2.24) is 5.32 Å². The summed E-state index contributed by atoms with van der Waals surface area (Å²) in [7, 11) is 1.54. The molecule has 1 aromatic heterocycles. The van der Waals surface area contributed by atoms with Gasteiger partial charge in [-0.05, 0) is 48.7 Å². The van der Waals surface area contributed by atoms with Gasteiger partial charge in [-0.2, -0.15) is 11.3 Å². The summed E-state index contributed by atoms with van der Waals surface area (Å²) < 4.78 is 19.0. The second kappa shape index (κ2) is 6.86. The lowest BCUT2D eigenvalue weighted by atomic mass is 10.0. The SMILES string of the molecule is COc1ccc(C(C)NC(C)Cc2ccsc2)c(F)c1. The molecule has 1 N–H and O–H groups in total. The Kier molecular flexibility index (Phi) is 5.15. The molecule has 2 aromatic rings. The minimum Gasteiger partial charge on any atom is -0.497 e. The largest absolute Gasteiger partial charge is 0.497 e. The first-order valence-electron chi connectivity index (χ1n) is 6.70. The molecule has 2 unspecified atom stereocenters. The minimum atomic E-state index is -0.230. The van der Waals surface area contributed by atoms with Crippen molar-refractivity contribution in [2.45, 2.75) is 32.4 Å². The van der Waals surface area contributed by atoms with Gasteiger partial charge in [0.05, 0.1) is 7.11 Å². The van der Waals surface area contributed by atoms with E-state index in [0.717, 1.165) is 6.42 Å². The van der Waals surface area contributed by atoms with Gasteiger partial charge in [0.25, 0.3) is 0 Å². The van der Waals surface area contributed by atoms with Gasteiger partial charge in [-0.15, -0.1) is 0 Å². The Balaban J connectivity index is 1.98. The Morgan fingerprint density at radius 2 is 2.10 bits per heavy atom. The monoisotopic (exact) mass is 293 g/mol. The zero-order valence-electron chi connectivity index (χ0n) is 12.0. The van der Waals surface area contributed by atoms with E-state index in [1.54, 1.807) is 30.6 Å². The van der Waals surface area contributed by atoms with Crippen molar-refractivity contribution in [3.63, 3.8) is 0 Å². The van der Waals surface area contributed by atoms with Gasteiger partial charge in [-0.1, -0.05) is 6.07 Å². The molecule has 108 valence electrons. The molecule has 0 spiro atoms. The van der Waals surface area contributed by atoms with Gasteiger partial charge in [0.15, 0.2) is 0 Å². The molecular weight excluding hydrogens is 273 g/mol. The lowest BCUT2D eigenvalue weighted by Gasteiger charge is -2.21. The van der Waals surface area contributed by atoms with Gasteiger partial charge in [0.2, 0.25) is 0 Å². The molecule has 20 heavy (non-hydrogen) atoms. The van der Waals surface area contributed by atoms with Crippen molar-refractivity contribution in [3.05, 3.63) is 52.0 Å². The van der Waals surface area contributed by atoms with Gasteiger partial charge < -0.3 is 10.1 Å². The van der Waals surface area contributed by atoms with Crippen molar-refractivity contribution in [2.75, 3.05) is 7.11 Å². The minimum absolute atomic E-state index is 0.0328. The molecule has 2 nitrogen and oxygen atoms in total. The topological polar surface area (TPSA) is 21.3 Å². The van der Waals surface area contributed by atoms with Crippen molar-refractivity contribution in [2.24, 2.45) is 0 Å². The predicted octanol–water partition coefficient (Wildman–Crippen LogP) is 4.18. The van der Waals surface area contributed by atoms with Gasteiger partial charge >= 0.3 is 0 Å². The summed E-state index contributed by atoms with van der Waals surface area (Å²) in [4.78, 5) is 0. The van der Waals surface area contributed by atoms with E-state index in [0.29, 0.717) is 17.4 Å². The van der Waals surface area contributed by atoms with E-state index in [2.05, 4.69) is 29.1 Å². The zero-order chi connectivity index (χ0) is 14.5. The lowest BCUT2D eigenvalue weighted by Crippen LogP contribution is -2.31. The summed E-state index contributed by atoms with van der Waals surface area (Å²) in [5.74, 6) is 0.317. The maximum absolute atomic E-state index is 14.0. The third-order valence-electron chi connectivity index (χ3n) is 3.33. The first-order chi connectivity index (χ1) is 9.60. The maximum Gasteiger partial charge on any atom is 0.131 e. The summed E-state index contributed by atoms with van der Waals surface area (Å²) in [5.41, 5.74) is 1.99. The number of methoxy groups -OCH3 is 1. The summed E-state index contributed by atoms with van der Waals surface area (Å²) in [6.07, 6.45) is 0.950. The number of thiophene rings is 1. The standard InChI is InChI=1S/C16H20FNOS/c1-11(8-13-6-7-20-10-13)18-12(2)15-5-4-14(19-3)9-16(15)17/h4-7,9-12,18H,8H2,1-3H3. The van der Waals surface area contributed by atoms with Gasteiger partial charge in [-0.25, -0.2) is 4.39 Å². The number of nitrogens with one attached hydrogen (secondary N) is 1. The van der Waals surface area contributed by atoms with Crippen molar-refractivity contribution >= 4 is 11.3 Å². The van der Waals surface area contributed by atoms with E-state index in [-0.39, 0.29) is 11.9 Å². The number of ether oxygens (including phenoxy) is 1. The van der Waals surface area contributed by atoms with Crippen LogP contribution in [0.4, 0.5) is 4.39 Å². The molecule has 1 heterocycles. The number of rotatable bonds is 6. The highest BCUT2D eigenvalue weighted by atomic mass is 32.1. The third-order valence-corrected chi connectivity index (χ3v) is 4.06. The van der Waals surface area contributed by atoms with Crippen molar-refractivity contribution in [3.8, 4) is 5.75 Å². The van der Waals surface area contributed by atoms with Crippen LogP contribution in [0.2, 0.25) is 0 Å². The van der Waals surface area contributed by atoms with Crippen LogP contribution in [0.15, 0.2) is 35.0 Å². The van der Waals surface area contributed by atoms with Crippen molar-refractivity contribution in [1.29, 1.82) is 0 Å². The summed E-state index contributed by atoms with van der Waals surface area (Å²) in [6, 6.07) is 7.39. The van der Waals surface area contributed by atoms with Crippen LogP contribution in [0.3, 0.4) is 0 Å². The van der Waals surface area contributed by atoms with E-state index >= 15 is 0 Å². The number of hydrogen-bond donors (Lipinski definition) is 1. The smallest absolute Gasteiger partial charge is 0.131 e. The molecule has 4 heteroatoms. The third kappa shape index (κ3) is 3.81. The van der Waals surface area contributed by atoms with E-state index < -0.39 is 0 Å². The normalized spacial score (nSPS) is 14.0. The molecule has 2 rings (SSSR count). The van der Waals surface area contributed by atoms with E-state index in [9.17, 15) is 4.39 Å². The van der Waals surface area contributed by atoms with E-state index in [1.807, 2.05) is 6.92 Å². The first-order valence-corrected chi connectivity index (χ1v) is 7.65. The van der Waals surface area contributed by atoms with Crippen LogP contribution in [0.5, 0.6) is 5.75 Å². The summed E-state index contributed by atoms with van der Waals surface area (Å²) in [5, 5.41) is 7.66. The van der Waals surface area contributed by atoms with Crippen LogP contribution in [-0.4, -0.2) is 13.2 Å². The van der Waals surface area contributed by atoms with E-state index in [1.165, 1.54) is 11.6 Å². The zero-order valence-corrected chi connectivity index (χ0v) is 12.8. The van der Waals surface area contributed by atoms with Crippen LogP contribution in [-0.2, 0) is 6.42 Å². The molecule has 2 atom stereocenters. The fraction of sp³-hybridized carbons (Fsp3) is 0.375. The number of hydrogen-bond acceptors (Lipinski definition) is 3. The highest BCUT2D eigenvalue weighted by Crippen LogP contribution is 2.22. The maximum atomic E-state index is 14.0. The Hall–Kier alpha value is -1.39. The average molecular weight is 293 g/mol. The molecule has 0 amide bonds. The first kappa shape index (κ1) is 15.0.